The van der Waals surface area contributed by atoms with Crippen LogP contribution in [-0.2, 0) is 11.0 Å². The molecule has 0 unspecified atom stereocenters. The molecule has 13 heteroatoms. The fourth-order valence-electron chi connectivity index (χ4n) is 2.53. The number of carbonyl (C=O) groups excluding carboxylic acids is 1. The minimum atomic E-state index is -4.75. The lowest BCUT2D eigenvalue weighted by Crippen LogP contribution is -2.36. The van der Waals surface area contributed by atoms with Gasteiger partial charge in [0.1, 0.15) is 11.2 Å². The molecule has 7 nitrogen and oxygen atoms in total. The van der Waals surface area contributed by atoms with Crippen molar-refractivity contribution >= 4 is 23.0 Å². The molecule has 3 aromatic rings. The van der Waals surface area contributed by atoms with E-state index >= 15 is 0 Å². The molecule has 30 heavy (non-hydrogen) atoms. The highest BCUT2D eigenvalue weighted by Crippen LogP contribution is 2.40. The molecule has 1 amide bonds. The topological polar surface area (TPSA) is 85.8 Å². The Morgan fingerprint density at radius 2 is 1.80 bits per heavy atom. The molecule has 3 rings (SSSR count). The molecule has 0 aliphatic heterocycles. The monoisotopic (exact) mass is 435 g/mol. The van der Waals surface area contributed by atoms with Crippen molar-refractivity contribution in [3.05, 3.63) is 29.6 Å². The molecule has 0 saturated carbocycles. The molecule has 0 saturated heterocycles. The number of nitrogens with one attached hydrogen (secondary N) is 1. The van der Waals surface area contributed by atoms with Crippen LogP contribution in [0.2, 0.25) is 0 Å². The van der Waals surface area contributed by atoms with Gasteiger partial charge < -0.3 is 4.52 Å². The Morgan fingerprint density at radius 1 is 1.13 bits per heavy atom. The summed E-state index contributed by atoms with van der Waals surface area (Å²) in [5.74, 6) is -1.51. The van der Waals surface area contributed by atoms with Gasteiger partial charge in [0.05, 0.1) is 11.1 Å². The Hall–Kier alpha value is -3.12. The average Bonchev–Trinajstić information content (AvgIpc) is 3.14. The van der Waals surface area contributed by atoms with Gasteiger partial charge in [0.15, 0.2) is 5.65 Å². The standard InChI is InChI=1S/C17H15F6N5O2/c1-8-6-12(30-27-8)28-13-9(4-5-10(25-13)16(18,19)20)24-14(28)26-11(29)7-15(2,3)17(21,22)23/h4-6H,7H2,1-3H3,(H,24,26,29). The van der Waals surface area contributed by atoms with Crippen molar-refractivity contribution in [3.63, 3.8) is 0 Å². The second-order valence-electron chi connectivity index (χ2n) is 7.22. The normalized spacial score (nSPS) is 13.1. The molecule has 0 atom stereocenters. The van der Waals surface area contributed by atoms with Crippen LogP contribution in [-0.4, -0.2) is 31.8 Å². The molecule has 1 N–H and O–H groups in total. The smallest absolute Gasteiger partial charge is 0.338 e. The average molecular weight is 435 g/mol. The second-order valence-corrected chi connectivity index (χ2v) is 7.22. The van der Waals surface area contributed by atoms with Crippen LogP contribution in [0.3, 0.4) is 0 Å². The number of hydrogen-bond acceptors (Lipinski definition) is 5. The Morgan fingerprint density at radius 3 is 2.33 bits per heavy atom. The van der Waals surface area contributed by atoms with Gasteiger partial charge in [0.2, 0.25) is 17.7 Å². The third kappa shape index (κ3) is 4.09. The van der Waals surface area contributed by atoms with E-state index in [1.807, 2.05) is 0 Å². The van der Waals surface area contributed by atoms with E-state index in [-0.39, 0.29) is 23.0 Å². The Labute approximate surface area is 165 Å². The molecule has 0 spiro atoms. The molecule has 0 aliphatic rings. The number of alkyl halides is 6. The number of fused-ring (bicyclic) bond motifs is 1. The molecule has 3 aromatic heterocycles. The number of pyridine rings is 1. The number of carbonyl (C=O) groups is 1. The quantitative estimate of drug-likeness (QED) is 0.603. The number of aryl methyl sites for hydroxylation is 1. The first-order valence-corrected chi connectivity index (χ1v) is 8.46. The highest BCUT2D eigenvalue weighted by atomic mass is 19.4. The summed E-state index contributed by atoms with van der Waals surface area (Å²) in [5.41, 5.74) is -3.54. The van der Waals surface area contributed by atoms with Crippen LogP contribution in [0.5, 0.6) is 0 Å². The van der Waals surface area contributed by atoms with E-state index in [0.29, 0.717) is 11.8 Å². The zero-order chi connectivity index (χ0) is 22.5. The summed E-state index contributed by atoms with van der Waals surface area (Å²) in [6.45, 7) is 3.25. The first kappa shape index (κ1) is 21.6. The van der Waals surface area contributed by atoms with E-state index in [1.54, 1.807) is 6.92 Å². The van der Waals surface area contributed by atoms with Crippen molar-refractivity contribution < 1.29 is 35.7 Å². The third-order valence-electron chi connectivity index (χ3n) is 4.25. The van der Waals surface area contributed by atoms with Gasteiger partial charge in [-0.1, -0.05) is 19.0 Å². The fourth-order valence-corrected chi connectivity index (χ4v) is 2.53. The lowest BCUT2D eigenvalue weighted by Gasteiger charge is -2.26. The first-order chi connectivity index (χ1) is 13.7. The maximum atomic E-state index is 13.1. The van der Waals surface area contributed by atoms with Gasteiger partial charge in [-0.3, -0.25) is 10.1 Å². The van der Waals surface area contributed by atoms with Crippen LogP contribution in [0.25, 0.3) is 17.0 Å². The summed E-state index contributed by atoms with van der Waals surface area (Å²) in [4.78, 5) is 19.8. The van der Waals surface area contributed by atoms with Gasteiger partial charge in [-0.05, 0) is 19.1 Å². The number of imidazole rings is 1. The van der Waals surface area contributed by atoms with Gasteiger partial charge in [0, 0.05) is 12.5 Å². The van der Waals surface area contributed by atoms with Crippen LogP contribution < -0.4 is 5.32 Å². The molecule has 162 valence electrons. The predicted molar refractivity (Wildman–Crippen MR) is 91.7 cm³/mol. The van der Waals surface area contributed by atoms with Crippen LogP contribution in [0.1, 0.15) is 31.7 Å². The molecule has 0 bridgehead atoms. The van der Waals surface area contributed by atoms with E-state index in [4.69, 9.17) is 4.52 Å². The SMILES string of the molecule is Cc1cc(-n2c(NC(=O)CC(C)(C)C(F)(F)F)nc3ccc(C(F)(F)F)nc32)on1. The van der Waals surface area contributed by atoms with Crippen LogP contribution in [0.4, 0.5) is 32.3 Å². The molecule has 0 radical (unpaired) electrons. The Bertz CT molecular complexity index is 1100. The third-order valence-corrected chi connectivity index (χ3v) is 4.25. The van der Waals surface area contributed by atoms with E-state index in [2.05, 4.69) is 20.4 Å². The van der Waals surface area contributed by atoms with Gasteiger partial charge in [-0.15, -0.1) is 0 Å². The minimum Gasteiger partial charge on any atom is -0.338 e. The zero-order valence-electron chi connectivity index (χ0n) is 15.8. The molecule has 3 heterocycles. The summed E-state index contributed by atoms with van der Waals surface area (Å²) >= 11 is 0. The van der Waals surface area contributed by atoms with Gasteiger partial charge in [0.25, 0.3) is 0 Å². The number of amides is 1. The number of hydrogen-bond donors (Lipinski definition) is 1. The number of aromatic nitrogens is 4. The van der Waals surface area contributed by atoms with Gasteiger partial charge in [-0.2, -0.15) is 26.3 Å². The molecular weight excluding hydrogens is 420 g/mol. The number of halogens is 6. The van der Waals surface area contributed by atoms with E-state index in [0.717, 1.165) is 24.5 Å². The maximum absolute atomic E-state index is 13.1. The van der Waals surface area contributed by atoms with Crippen LogP contribution in [0.15, 0.2) is 22.7 Å². The number of rotatable bonds is 4. The van der Waals surface area contributed by atoms with Gasteiger partial charge in [-0.25, -0.2) is 14.5 Å². The molecule has 0 aromatic carbocycles. The Balaban J connectivity index is 2.07. The van der Waals surface area contributed by atoms with Crippen LogP contribution >= 0.6 is 0 Å². The summed E-state index contributed by atoms with van der Waals surface area (Å²) in [6, 6.07) is 3.07. The predicted octanol–water partition coefficient (Wildman–Crippen LogP) is 4.65. The van der Waals surface area contributed by atoms with Crippen molar-refractivity contribution in [1.82, 2.24) is 19.7 Å². The Kier molecular flexibility index (Phi) is 5.03. The largest absolute Gasteiger partial charge is 0.433 e. The van der Waals surface area contributed by atoms with Crippen molar-refractivity contribution in [1.29, 1.82) is 0 Å². The molecule has 0 fully saturated rings. The molecule has 0 aliphatic carbocycles. The summed E-state index contributed by atoms with van der Waals surface area (Å²) in [5, 5.41) is 5.83. The van der Waals surface area contributed by atoms with E-state index in [9.17, 15) is 31.1 Å². The highest BCUT2D eigenvalue weighted by molar-refractivity contribution is 5.92. The number of anilines is 1. The lowest BCUT2D eigenvalue weighted by molar-refractivity contribution is -0.213. The first-order valence-electron chi connectivity index (χ1n) is 8.46. The highest BCUT2D eigenvalue weighted by Gasteiger charge is 2.48. The fraction of sp³-hybridized carbons (Fsp3) is 0.412. The lowest BCUT2D eigenvalue weighted by atomic mass is 9.88. The summed E-state index contributed by atoms with van der Waals surface area (Å²) in [7, 11) is 0. The van der Waals surface area contributed by atoms with Crippen molar-refractivity contribution in [3.8, 4) is 5.88 Å². The van der Waals surface area contributed by atoms with Gasteiger partial charge >= 0.3 is 12.4 Å². The zero-order valence-corrected chi connectivity index (χ0v) is 15.8. The van der Waals surface area contributed by atoms with E-state index < -0.39 is 35.8 Å². The van der Waals surface area contributed by atoms with E-state index in [1.165, 1.54) is 6.07 Å². The summed E-state index contributed by atoms with van der Waals surface area (Å²) in [6.07, 6.45) is -10.3. The number of nitrogens with zero attached hydrogens (tertiary/aromatic N) is 4. The van der Waals surface area contributed by atoms with Crippen molar-refractivity contribution in [2.45, 2.75) is 39.5 Å². The molecular formula is C17H15F6N5O2. The minimum absolute atomic E-state index is 0.0394. The van der Waals surface area contributed by atoms with Crippen molar-refractivity contribution in [2.24, 2.45) is 5.41 Å². The van der Waals surface area contributed by atoms with Crippen molar-refractivity contribution in [2.75, 3.05) is 5.32 Å². The second kappa shape index (κ2) is 6.99. The maximum Gasteiger partial charge on any atom is 0.433 e. The van der Waals surface area contributed by atoms with Crippen LogP contribution in [0, 0.1) is 12.3 Å². The summed E-state index contributed by atoms with van der Waals surface area (Å²) < 4.78 is 84.4.